The molecule has 4 aliphatic rings. The van der Waals surface area contributed by atoms with Gasteiger partial charge in [0.2, 0.25) is 11.8 Å². The van der Waals surface area contributed by atoms with E-state index in [0.29, 0.717) is 19.5 Å². The van der Waals surface area contributed by atoms with Crippen LogP contribution < -0.4 is 4.90 Å². The van der Waals surface area contributed by atoms with Crippen LogP contribution in [0.3, 0.4) is 0 Å². The van der Waals surface area contributed by atoms with Crippen LogP contribution in [0.1, 0.15) is 16.7 Å². The smallest absolute Gasteiger partial charge is 0.253 e. The van der Waals surface area contributed by atoms with Gasteiger partial charge in [0.15, 0.2) is 0 Å². The number of aliphatic hydroxyl groups is 1. The minimum Gasteiger partial charge on any atom is -0.394 e. The SMILES string of the molecule is Cc1cccc(C)c1N1CC=C[C@]23O[C@H]4C=CCN(C)C(=O)[C@H]4[C@H]2C(=O)N([C@@H](CO)Cc2ccccc2)C3C1=O. The van der Waals surface area contributed by atoms with Crippen molar-refractivity contribution in [3.05, 3.63) is 89.5 Å². The van der Waals surface area contributed by atoms with E-state index in [4.69, 9.17) is 4.74 Å². The van der Waals surface area contributed by atoms with Crippen molar-refractivity contribution in [1.29, 1.82) is 0 Å². The van der Waals surface area contributed by atoms with E-state index in [1.165, 1.54) is 4.90 Å². The van der Waals surface area contributed by atoms with Gasteiger partial charge in [-0.15, -0.1) is 0 Å². The third kappa shape index (κ3) is 3.92. The zero-order valence-corrected chi connectivity index (χ0v) is 23.1. The van der Waals surface area contributed by atoms with Crippen molar-refractivity contribution in [1.82, 2.24) is 9.80 Å². The summed E-state index contributed by atoms with van der Waals surface area (Å²) in [6, 6.07) is 13.8. The van der Waals surface area contributed by atoms with E-state index in [9.17, 15) is 19.5 Å². The summed E-state index contributed by atoms with van der Waals surface area (Å²) < 4.78 is 6.71. The summed E-state index contributed by atoms with van der Waals surface area (Å²) in [6.07, 6.45) is 7.22. The average molecular weight is 542 g/mol. The largest absolute Gasteiger partial charge is 0.394 e. The second-order valence-corrected chi connectivity index (χ2v) is 11.4. The molecule has 2 aromatic carbocycles. The lowest BCUT2D eigenvalue weighted by molar-refractivity contribution is -0.146. The number of hydrogen-bond acceptors (Lipinski definition) is 5. The molecular weight excluding hydrogens is 506 g/mol. The number of aryl methyl sites for hydroxylation is 2. The predicted octanol–water partition coefficient (Wildman–Crippen LogP) is 2.42. The molecule has 0 aliphatic carbocycles. The molecule has 0 radical (unpaired) electrons. The first-order chi connectivity index (χ1) is 19.3. The number of carbonyl (C=O) groups excluding carboxylic acids is 3. The molecule has 2 saturated heterocycles. The molecule has 6 atom stereocenters. The Hall–Kier alpha value is -3.75. The second-order valence-electron chi connectivity index (χ2n) is 11.4. The van der Waals surface area contributed by atoms with Crippen molar-refractivity contribution in [2.75, 3.05) is 31.6 Å². The van der Waals surface area contributed by atoms with Gasteiger partial charge >= 0.3 is 0 Å². The first-order valence-corrected chi connectivity index (χ1v) is 13.9. The first-order valence-electron chi connectivity index (χ1n) is 13.9. The zero-order valence-electron chi connectivity index (χ0n) is 23.1. The molecule has 2 fully saturated rings. The lowest BCUT2D eigenvalue weighted by Gasteiger charge is -2.39. The zero-order chi connectivity index (χ0) is 28.2. The van der Waals surface area contributed by atoms with Gasteiger partial charge in [0.05, 0.1) is 30.6 Å². The van der Waals surface area contributed by atoms with Crippen LogP contribution in [0, 0.1) is 25.7 Å². The van der Waals surface area contributed by atoms with Gasteiger partial charge in [-0.25, -0.2) is 0 Å². The number of aliphatic hydroxyl groups excluding tert-OH is 1. The number of likely N-dealkylation sites (tertiary alicyclic amines) is 1. The number of anilines is 1. The highest BCUT2D eigenvalue weighted by Gasteiger charge is 2.72. The van der Waals surface area contributed by atoms with E-state index in [2.05, 4.69) is 0 Å². The molecule has 6 rings (SSSR count). The minimum atomic E-state index is -1.34. The highest BCUT2D eigenvalue weighted by molar-refractivity contribution is 6.06. The van der Waals surface area contributed by atoms with Crippen molar-refractivity contribution in [3.8, 4) is 0 Å². The van der Waals surface area contributed by atoms with Crippen LogP contribution in [0.5, 0.6) is 0 Å². The van der Waals surface area contributed by atoms with E-state index < -0.39 is 35.6 Å². The number of nitrogens with zero attached hydrogens (tertiary/aromatic N) is 3. The molecule has 0 saturated carbocycles. The number of amides is 3. The molecule has 4 aliphatic heterocycles. The van der Waals surface area contributed by atoms with Gasteiger partial charge in [-0.2, -0.15) is 0 Å². The van der Waals surface area contributed by atoms with Gasteiger partial charge in [-0.3, -0.25) is 14.4 Å². The third-order valence-corrected chi connectivity index (χ3v) is 8.93. The molecule has 8 nitrogen and oxygen atoms in total. The summed E-state index contributed by atoms with van der Waals surface area (Å²) in [5.41, 5.74) is 2.31. The maximum Gasteiger partial charge on any atom is 0.253 e. The van der Waals surface area contributed by atoms with Crippen LogP contribution in [0.2, 0.25) is 0 Å². The molecular formula is C32H35N3O5. The standard InChI is InChI=1S/C32H35N3O5/c1-20-10-7-11-21(2)27(20)34-17-9-15-32-26(25-24(40-32)14-8-16-33(3)29(25)37)30(38)35(28(32)31(34)39)23(19-36)18-22-12-5-4-6-13-22/h4-15,23-26,28,36H,16-19H2,1-3H3/t23-,24+,25-,26+,28?,32+/m1/s1. The average Bonchev–Trinajstić information content (AvgIpc) is 3.28. The Kier molecular flexibility index (Phi) is 6.63. The third-order valence-electron chi connectivity index (χ3n) is 8.93. The van der Waals surface area contributed by atoms with Gasteiger partial charge < -0.3 is 24.5 Å². The Morgan fingerprint density at radius 2 is 1.68 bits per heavy atom. The van der Waals surface area contributed by atoms with E-state index in [1.54, 1.807) is 16.8 Å². The monoisotopic (exact) mass is 541 g/mol. The number of carbonyl (C=O) groups is 3. The number of fused-ring (bicyclic) bond motifs is 2. The molecule has 0 aromatic heterocycles. The molecule has 0 bridgehead atoms. The van der Waals surface area contributed by atoms with E-state index in [0.717, 1.165) is 22.4 Å². The quantitative estimate of drug-likeness (QED) is 0.588. The number of benzene rings is 2. The second kappa shape index (κ2) is 10.0. The molecule has 208 valence electrons. The summed E-state index contributed by atoms with van der Waals surface area (Å²) in [6.45, 7) is 4.34. The maximum atomic E-state index is 14.7. The highest BCUT2D eigenvalue weighted by atomic mass is 16.5. The van der Waals surface area contributed by atoms with Crippen LogP contribution in [0.25, 0.3) is 0 Å². The maximum absolute atomic E-state index is 14.7. The Labute approximate surface area is 234 Å². The molecule has 40 heavy (non-hydrogen) atoms. The molecule has 8 heteroatoms. The van der Waals surface area contributed by atoms with Crippen molar-refractivity contribution in [2.45, 2.75) is 44.1 Å². The summed E-state index contributed by atoms with van der Waals surface area (Å²) in [4.78, 5) is 47.8. The fourth-order valence-corrected chi connectivity index (χ4v) is 7.17. The summed E-state index contributed by atoms with van der Waals surface area (Å²) in [5, 5.41) is 10.7. The van der Waals surface area contributed by atoms with E-state index >= 15 is 0 Å². The van der Waals surface area contributed by atoms with Crippen LogP contribution in [0.15, 0.2) is 72.8 Å². The van der Waals surface area contributed by atoms with Crippen LogP contribution in [0.4, 0.5) is 5.69 Å². The van der Waals surface area contributed by atoms with Crippen LogP contribution in [-0.4, -0.2) is 83.2 Å². The lowest BCUT2D eigenvalue weighted by Crippen LogP contribution is -2.58. The van der Waals surface area contributed by atoms with Crippen LogP contribution >= 0.6 is 0 Å². The Morgan fingerprint density at radius 1 is 0.950 bits per heavy atom. The predicted molar refractivity (Wildman–Crippen MR) is 150 cm³/mol. The molecule has 1 N–H and O–H groups in total. The van der Waals surface area contributed by atoms with Crippen molar-refractivity contribution >= 4 is 23.4 Å². The summed E-state index contributed by atoms with van der Waals surface area (Å²) >= 11 is 0. The van der Waals surface area contributed by atoms with Crippen molar-refractivity contribution in [2.24, 2.45) is 11.8 Å². The fraction of sp³-hybridized carbons (Fsp3) is 0.406. The summed E-state index contributed by atoms with van der Waals surface area (Å²) in [5.74, 6) is -2.42. The van der Waals surface area contributed by atoms with Gasteiger partial charge in [-0.1, -0.05) is 72.8 Å². The molecule has 2 aromatic rings. The van der Waals surface area contributed by atoms with E-state index in [1.807, 2.05) is 86.7 Å². The molecule has 1 unspecified atom stereocenters. The van der Waals surface area contributed by atoms with Gasteiger partial charge in [0.1, 0.15) is 11.6 Å². The van der Waals surface area contributed by atoms with Gasteiger partial charge in [-0.05, 0) is 37.0 Å². The molecule has 1 spiro atoms. The minimum absolute atomic E-state index is 0.175. The molecule has 4 heterocycles. The Bertz CT molecular complexity index is 1380. The van der Waals surface area contributed by atoms with Crippen molar-refractivity contribution < 1.29 is 24.2 Å². The Balaban J connectivity index is 1.50. The number of ether oxygens (including phenoxy) is 1. The number of rotatable bonds is 5. The Morgan fingerprint density at radius 3 is 2.38 bits per heavy atom. The number of hydrogen-bond donors (Lipinski definition) is 1. The fourth-order valence-electron chi connectivity index (χ4n) is 7.17. The topological polar surface area (TPSA) is 90.4 Å². The number of para-hydroxylation sites is 1. The van der Waals surface area contributed by atoms with Gasteiger partial charge in [0.25, 0.3) is 5.91 Å². The first kappa shape index (κ1) is 26.5. The molecule has 3 amide bonds. The van der Waals surface area contributed by atoms with Gasteiger partial charge in [0, 0.05) is 25.8 Å². The lowest BCUT2D eigenvalue weighted by atomic mass is 9.77. The van der Waals surface area contributed by atoms with Crippen molar-refractivity contribution in [3.63, 3.8) is 0 Å². The van der Waals surface area contributed by atoms with Crippen LogP contribution in [-0.2, 0) is 25.5 Å². The van der Waals surface area contributed by atoms with E-state index in [-0.39, 0.29) is 24.3 Å². The normalized spacial score (nSPS) is 30.2. The highest BCUT2D eigenvalue weighted by Crippen LogP contribution is 2.54. The summed E-state index contributed by atoms with van der Waals surface area (Å²) in [7, 11) is 1.72. The number of likely N-dealkylation sites (N-methyl/N-ethyl adjacent to an activating group) is 1.